The van der Waals surface area contributed by atoms with E-state index in [1.54, 1.807) is 26.2 Å². The number of carbonyl (C=O) groups is 1. The molecule has 0 radical (unpaired) electrons. The van der Waals surface area contributed by atoms with Gasteiger partial charge in [0, 0.05) is 36.6 Å². The number of amides is 1. The van der Waals surface area contributed by atoms with Crippen LogP contribution in [0.1, 0.15) is 56.2 Å². The Labute approximate surface area is 261 Å². The van der Waals surface area contributed by atoms with Gasteiger partial charge < -0.3 is 19.2 Å². The second-order valence-electron chi connectivity index (χ2n) is 13.5. The average Bonchev–Trinajstić information content (AvgIpc) is 3.38. The van der Waals surface area contributed by atoms with E-state index in [4.69, 9.17) is 14.3 Å². The molecule has 2 aromatic carbocycles. The number of aliphatic hydroxyl groups is 1. The molecule has 0 bridgehead atoms. The van der Waals surface area contributed by atoms with Crippen LogP contribution in [0.25, 0.3) is 22.4 Å². The number of benzene rings is 2. The molecule has 5 rings (SSSR count). The molecule has 0 fully saturated rings. The van der Waals surface area contributed by atoms with Gasteiger partial charge in [-0.25, -0.2) is 0 Å². The highest BCUT2D eigenvalue weighted by atomic mass is 28.4. The van der Waals surface area contributed by atoms with Crippen molar-refractivity contribution in [3.63, 3.8) is 0 Å². The summed E-state index contributed by atoms with van der Waals surface area (Å²) in [5, 5.41) is 15.3. The van der Waals surface area contributed by atoms with Crippen LogP contribution in [-0.2, 0) is 23.2 Å². The minimum Gasteiger partial charge on any atom is -0.489 e. The zero-order valence-corrected chi connectivity index (χ0v) is 27.9. The molecule has 0 aliphatic carbocycles. The first-order chi connectivity index (χ1) is 20.7. The van der Waals surface area contributed by atoms with Crippen molar-refractivity contribution in [2.45, 2.75) is 71.5 Å². The third-order valence-corrected chi connectivity index (χ3v) is 13.4. The Bertz CT molecular complexity index is 1590. The number of hydrogen-bond acceptors (Lipinski definition) is 6. The summed E-state index contributed by atoms with van der Waals surface area (Å²) in [7, 11) is -1.91. The van der Waals surface area contributed by atoms with Gasteiger partial charge in [-0.2, -0.15) is 5.10 Å². The summed E-state index contributed by atoms with van der Waals surface area (Å²) in [6.07, 6.45) is 3.49. The van der Waals surface area contributed by atoms with Gasteiger partial charge in [0.25, 0.3) is 5.91 Å². The lowest BCUT2D eigenvalue weighted by Crippen LogP contribution is -2.46. The summed E-state index contributed by atoms with van der Waals surface area (Å²) < 4.78 is 14.3. The molecule has 3 heterocycles. The SMILES string of the molecule is CC(C)(O)c1ccc(COc2ccc(-c3c(-c4ccncc4)nn4c3C(=O)N(CCO[Si](C)(C)C(C)(C)C)CC4)cc2)cc1. The van der Waals surface area contributed by atoms with Crippen molar-refractivity contribution in [1.82, 2.24) is 19.7 Å². The summed E-state index contributed by atoms with van der Waals surface area (Å²) in [6.45, 7) is 17.4. The number of nitrogens with zero attached hydrogens (tertiary/aromatic N) is 4. The monoisotopic (exact) mass is 612 g/mol. The van der Waals surface area contributed by atoms with Crippen LogP contribution in [0.2, 0.25) is 18.1 Å². The number of fused-ring (bicyclic) bond motifs is 1. The molecule has 0 saturated carbocycles. The quantitative estimate of drug-likeness (QED) is 0.196. The predicted octanol–water partition coefficient (Wildman–Crippen LogP) is 6.90. The number of pyridine rings is 1. The Balaban J connectivity index is 1.38. The molecule has 232 valence electrons. The van der Waals surface area contributed by atoms with E-state index in [1.807, 2.05) is 70.2 Å². The lowest BCUT2D eigenvalue weighted by molar-refractivity contribution is 0.0666. The largest absolute Gasteiger partial charge is 0.489 e. The van der Waals surface area contributed by atoms with Gasteiger partial charge in [0.05, 0.1) is 18.8 Å². The summed E-state index contributed by atoms with van der Waals surface area (Å²) in [5.41, 5.74) is 4.96. The Kier molecular flexibility index (Phi) is 8.84. The topological polar surface area (TPSA) is 89.7 Å². The molecule has 0 saturated heterocycles. The van der Waals surface area contributed by atoms with Crippen LogP contribution < -0.4 is 4.74 Å². The van der Waals surface area contributed by atoms with Crippen molar-refractivity contribution in [2.75, 3.05) is 19.7 Å². The van der Waals surface area contributed by atoms with Crippen molar-refractivity contribution in [3.05, 3.63) is 89.9 Å². The molecular weight excluding hydrogens is 568 g/mol. The molecule has 1 aliphatic heterocycles. The number of carbonyl (C=O) groups excluding carboxylic acids is 1. The average molecular weight is 613 g/mol. The summed E-state index contributed by atoms with van der Waals surface area (Å²) >= 11 is 0. The van der Waals surface area contributed by atoms with Crippen LogP contribution in [0.3, 0.4) is 0 Å². The first kappa shape index (κ1) is 31.6. The van der Waals surface area contributed by atoms with Crippen molar-refractivity contribution in [3.8, 4) is 28.1 Å². The first-order valence-electron chi connectivity index (χ1n) is 15.2. The van der Waals surface area contributed by atoms with E-state index < -0.39 is 13.9 Å². The maximum atomic E-state index is 14.0. The summed E-state index contributed by atoms with van der Waals surface area (Å²) in [6, 6.07) is 19.5. The van der Waals surface area contributed by atoms with Crippen molar-refractivity contribution in [1.29, 1.82) is 0 Å². The normalized spacial score (nSPS) is 14.1. The predicted molar refractivity (Wildman–Crippen MR) is 176 cm³/mol. The van der Waals surface area contributed by atoms with Gasteiger partial charge in [0.15, 0.2) is 8.32 Å². The minimum absolute atomic E-state index is 0.0345. The van der Waals surface area contributed by atoms with Gasteiger partial charge in [-0.3, -0.25) is 14.5 Å². The number of ether oxygens (including phenoxy) is 1. The standard InChI is InChI=1S/C35H44N4O4Si/c1-34(2,3)44(6,7)43-23-22-38-20-21-39-32(33(38)40)30(31(37-39)27-16-18-36-19-17-27)26-10-14-29(15-11-26)42-24-25-8-12-28(13-9-25)35(4,5)41/h8-19,41H,20-24H2,1-7H3. The van der Waals surface area contributed by atoms with Gasteiger partial charge in [0.1, 0.15) is 23.7 Å². The lowest BCUT2D eigenvalue weighted by Gasteiger charge is -2.37. The molecule has 0 atom stereocenters. The van der Waals surface area contributed by atoms with Crippen LogP contribution in [-0.4, -0.2) is 58.7 Å². The molecular formula is C35H44N4O4Si. The van der Waals surface area contributed by atoms with Crippen molar-refractivity contribution >= 4 is 14.2 Å². The van der Waals surface area contributed by atoms with E-state index in [0.29, 0.717) is 38.5 Å². The smallest absolute Gasteiger partial charge is 0.272 e. The van der Waals surface area contributed by atoms with Crippen LogP contribution in [0.5, 0.6) is 5.75 Å². The zero-order chi connectivity index (χ0) is 31.7. The molecule has 2 aromatic heterocycles. The van der Waals surface area contributed by atoms with Crippen LogP contribution in [0.4, 0.5) is 0 Å². The fourth-order valence-corrected chi connectivity index (χ4v) is 6.06. The maximum absolute atomic E-state index is 14.0. The summed E-state index contributed by atoms with van der Waals surface area (Å²) in [5.74, 6) is 0.690. The molecule has 0 spiro atoms. The number of aromatic nitrogens is 3. The molecule has 44 heavy (non-hydrogen) atoms. The van der Waals surface area contributed by atoms with E-state index in [-0.39, 0.29) is 10.9 Å². The van der Waals surface area contributed by atoms with E-state index in [1.165, 1.54) is 0 Å². The summed E-state index contributed by atoms with van der Waals surface area (Å²) in [4.78, 5) is 20.1. The maximum Gasteiger partial charge on any atom is 0.272 e. The third-order valence-electron chi connectivity index (χ3n) is 8.82. The van der Waals surface area contributed by atoms with Crippen LogP contribution in [0, 0.1) is 0 Å². The lowest BCUT2D eigenvalue weighted by atomic mass is 9.97. The fourth-order valence-electron chi connectivity index (χ4n) is 5.03. The molecule has 8 nitrogen and oxygen atoms in total. The first-order valence-corrected chi connectivity index (χ1v) is 18.1. The second-order valence-corrected chi connectivity index (χ2v) is 18.3. The van der Waals surface area contributed by atoms with Gasteiger partial charge in [-0.05, 0) is 72.9 Å². The molecule has 1 amide bonds. The molecule has 1 aliphatic rings. The Hall–Kier alpha value is -3.79. The Morgan fingerprint density at radius 1 is 0.886 bits per heavy atom. The molecule has 9 heteroatoms. The third kappa shape index (κ3) is 6.80. The van der Waals surface area contributed by atoms with E-state index in [2.05, 4.69) is 38.8 Å². The molecule has 1 N–H and O–H groups in total. The van der Waals surface area contributed by atoms with E-state index >= 15 is 0 Å². The fraction of sp³-hybridized carbons (Fsp3) is 0.400. The zero-order valence-electron chi connectivity index (χ0n) is 26.9. The molecule has 0 unspecified atom stereocenters. The van der Waals surface area contributed by atoms with Crippen molar-refractivity contribution < 1.29 is 19.1 Å². The number of hydrogen-bond donors (Lipinski definition) is 1. The Morgan fingerprint density at radius 3 is 2.16 bits per heavy atom. The number of rotatable bonds is 10. The van der Waals surface area contributed by atoms with E-state index in [0.717, 1.165) is 39.3 Å². The Morgan fingerprint density at radius 2 is 1.55 bits per heavy atom. The van der Waals surface area contributed by atoms with Gasteiger partial charge in [-0.15, -0.1) is 0 Å². The van der Waals surface area contributed by atoms with Gasteiger partial charge >= 0.3 is 0 Å². The highest BCUT2D eigenvalue weighted by Gasteiger charge is 2.38. The van der Waals surface area contributed by atoms with Crippen LogP contribution in [0.15, 0.2) is 73.1 Å². The highest BCUT2D eigenvalue weighted by Crippen LogP contribution is 2.38. The van der Waals surface area contributed by atoms with Gasteiger partial charge in [-0.1, -0.05) is 57.2 Å². The molecule has 4 aromatic rings. The van der Waals surface area contributed by atoms with Crippen LogP contribution >= 0.6 is 0 Å². The van der Waals surface area contributed by atoms with E-state index in [9.17, 15) is 9.90 Å². The van der Waals surface area contributed by atoms with Crippen molar-refractivity contribution in [2.24, 2.45) is 0 Å². The second kappa shape index (κ2) is 12.3. The minimum atomic E-state index is -1.91. The highest BCUT2D eigenvalue weighted by molar-refractivity contribution is 6.74. The van der Waals surface area contributed by atoms with Gasteiger partial charge in [0.2, 0.25) is 0 Å².